The summed E-state index contributed by atoms with van der Waals surface area (Å²) in [6.45, 7) is 2.12. The molecule has 2 heteroatoms. The number of nitrogens with zero attached hydrogens (tertiary/aromatic N) is 1. The summed E-state index contributed by atoms with van der Waals surface area (Å²) >= 11 is 0. The average Bonchev–Trinajstić information content (AvgIpc) is 2.66. The number of aryl methyl sites for hydroxylation is 1. The molecule has 3 rings (SSSR count). The standard InChI is InChI=1S/C15H14N2/c1-11-10-12-4-2-3-5-15(12)17(11)14-8-6-13(16)7-9-14/h2-10H,16H2,1H3. The van der Waals surface area contributed by atoms with Crippen LogP contribution >= 0.6 is 0 Å². The second-order valence-corrected chi connectivity index (χ2v) is 4.27. The maximum absolute atomic E-state index is 5.72. The van der Waals surface area contributed by atoms with Crippen molar-refractivity contribution in [2.75, 3.05) is 5.73 Å². The normalized spacial score (nSPS) is 10.9. The number of aromatic nitrogens is 1. The zero-order chi connectivity index (χ0) is 11.8. The van der Waals surface area contributed by atoms with Gasteiger partial charge < -0.3 is 10.3 Å². The Morgan fingerprint density at radius 1 is 0.941 bits per heavy atom. The Hall–Kier alpha value is -2.22. The highest BCUT2D eigenvalue weighted by Gasteiger charge is 2.06. The molecule has 3 aromatic rings. The fraction of sp³-hybridized carbons (Fsp3) is 0.0667. The largest absolute Gasteiger partial charge is 0.399 e. The number of nitrogens with two attached hydrogens (primary N) is 1. The first-order valence-corrected chi connectivity index (χ1v) is 5.69. The monoisotopic (exact) mass is 222 g/mol. The molecule has 2 N–H and O–H groups in total. The van der Waals surface area contributed by atoms with E-state index in [-0.39, 0.29) is 0 Å². The summed E-state index contributed by atoms with van der Waals surface area (Å²) in [6, 6.07) is 18.6. The van der Waals surface area contributed by atoms with Gasteiger partial charge in [-0.05, 0) is 43.3 Å². The lowest BCUT2D eigenvalue weighted by atomic mass is 10.2. The van der Waals surface area contributed by atoms with E-state index in [0.29, 0.717) is 0 Å². The lowest BCUT2D eigenvalue weighted by Gasteiger charge is -2.08. The molecule has 84 valence electrons. The molecule has 0 amide bonds. The number of anilines is 1. The van der Waals surface area contributed by atoms with Crippen molar-refractivity contribution in [1.82, 2.24) is 4.57 Å². The van der Waals surface area contributed by atoms with E-state index in [1.165, 1.54) is 16.6 Å². The molecule has 1 heterocycles. The second-order valence-electron chi connectivity index (χ2n) is 4.27. The van der Waals surface area contributed by atoms with Gasteiger partial charge in [0.05, 0.1) is 5.52 Å². The third-order valence-corrected chi connectivity index (χ3v) is 3.05. The van der Waals surface area contributed by atoms with Crippen LogP contribution in [0, 0.1) is 6.92 Å². The van der Waals surface area contributed by atoms with E-state index in [1.807, 2.05) is 12.1 Å². The number of para-hydroxylation sites is 1. The molecule has 0 saturated carbocycles. The van der Waals surface area contributed by atoms with Crippen molar-refractivity contribution in [2.24, 2.45) is 0 Å². The highest BCUT2D eigenvalue weighted by molar-refractivity contribution is 5.83. The molecule has 0 atom stereocenters. The quantitative estimate of drug-likeness (QED) is 0.627. The Bertz CT molecular complexity index is 663. The van der Waals surface area contributed by atoms with Gasteiger partial charge in [-0.25, -0.2) is 0 Å². The molecular weight excluding hydrogens is 208 g/mol. The summed E-state index contributed by atoms with van der Waals surface area (Å²) in [5, 5.41) is 1.27. The zero-order valence-electron chi connectivity index (χ0n) is 9.72. The van der Waals surface area contributed by atoms with Crippen LogP contribution in [0.1, 0.15) is 5.69 Å². The SMILES string of the molecule is Cc1cc2ccccc2n1-c1ccc(N)cc1. The van der Waals surface area contributed by atoms with Crippen LogP contribution in [-0.2, 0) is 0 Å². The van der Waals surface area contributed by atoms with Crippen molar-refractivity contribution in [1.29, 1.82) is 0 Å². The third kappa shape index (κ3) is 1.58. The molecule has 0 aliphatic carbocycles. The van der Waals surface area contributed by atoms with Crippen LogP contribution in [0.25, 0.3) is 16.6 Å². The number of hydrogen-bond acceptors (Lipinski definition) is 1. The third-order valence-electron chi connectivity index (χ3n) is 3.05. The number of nitrogen functional groups attached to an aromatic ring is 1. The Morgan fingerprint density at radius 2 is 1.65 bits per heavy atom. The molecule has 17 heavy (non-hydrogen) atoms. The first kappa shape index (κ1) is 9.97. The molecule has 0 bridgehead atoms. The molecule has 1 aromatic heterocycles. The van der Waals surface area contributed by atoms with E-state index in [9.17, 15) is 0 Å². The maximum Gasteiger partial charge on any atom is 0.0531 e. The summed E-state index contributed by atoms with van der Waals surface area (Å²) in [7, 11) is 0. The lowest BCUT2D eigenvalue weighted by Crippen LogP contribution is -1.96. The maximum atomic E-state index is 5.72. The molecule has 0 aliphatic heterocycles. The summed E-state index contributed by atoms with van der Waals surface area (Å²) in [5.74, 6) is 0. The van der Waals surface area contributed by atoms with Crippen LogP contribution in [0.2, 0.25) is 0 Å². The molecule has 0 spiro atoms. The van der Waals surface area contributed by atoms with Crippen LogP contribution in [0.3, 0.4) is 0 Å². The van der Waals surface area contributed by atoms with Crippen molar-refractivity contribution in [3.05, 3.63) is 60.3 Å². The highest BCUT2D eigenvalue weighted by atomic mass is 15.0. The molecule has 2 aromatic carbocycles. The van der Waals surface area contributed by atoms with Crippen LogP contribution in [-0.4, -0.2) is 4.57 Å². The molecule has 0 aliphatic rings. The van der Waals surface area contributed by atoms with Gasteiger partial charge in [-0.15, -0.1) is 0 Å². The Morgan fingerprint density at radius 3 is 2.41 bits per heavy atom. The Kier molecular flexibility index (Phi) is 2.15. The number of benzene rings is 2. The van der Waals surface area contributed by atoms with Gasteiger partial charge in [0.15, 0.2) is 0 Å². The predicted octanol–water partition coefficient (Wildman–Crippen LogP) is 3.52. The summed E-state index contributed by atoms with van der Waals surface area (Å²) in [4.78, 5) is 0. The summed E-state index contributed by atoms with van der Waals surface area (Å²) in [6.07, 6.45) is 0. The lowest BCUT2D eigenvalue weighted by molar-refractivity contribution is 1.05. The Labute approximate surface area is 100 Å². The fourth-order valence-electron chi connectivity index (χ4n) is 2.26. The number of rotatable bonds is 1. The molecule has 0 unspecified atom stereocenters. The average molecular weight is 222 g/mol. The van der Waals surface area contributed by atoms with Crippen LogP contribution < -0.4 is 5.73 Å². The van der Waals surface area contributed by atoms with E-state index in [0.717, 1.165) is 11.4 Å². The first-order chi connectivity index (χ1) is 8.25. The van der Waals surface area contributed by atoms with Gasteiger partial charge in [-0.1, -0.05) is 18.2 Å². The minimum absolute atomic E-state index is 0.794. The van der Waals surface area contributed by atoms with Crippen LogP contribution in [0.5, 0.6) is 0 Å². The topological polar surface area (TPSA) is 30.9 Å². The van der Waals surface area contributed by atoms with Gasteiger partial charge in [0, 0.05) is 22.5 Å². The van der Waals surface area contributed by atoms with Crippen molar-refractivity contribution in [3.8, 4) is 5.69 Å². The van der Waals surface area contributed by atoms with Gasteiger partial charge in [0.2, 0.25) is 0 Å². The fourth-order valence-corrected chi connectivity index (χ4v) is 2.26. The molecule has 0 fully saturated rings. The van der Waals surface area contributed by atoms with E-state index in [4.69, 9.17) is 5.73 Å². The number of fused-ring (bicyclic) bond motifs is 1. The highest BCUT2D eigenvalue weighted by Crippen LogP contribution is 2.24. The van der Waals surface area contributed by atoms with E-state index in [1.54, 1.807) is 0 Å². The summed E-state index contributed by atoms with van der Waals surface area (Å²) in [5.41, 5.74) is 10.1. The van der Waals surface area contributed by atoms with Crippen molar-refractivity contribution in [3.63, 3.8) is 0 Å². The van der Waals surface area contributed by atoms with Crippen molar-refractivity contribution in [2.45, 2.75) is 6.92 Å². The van der Waals surface area contributed by atoms with Crippen LogP contribution in [0.15, 0.2) is 54.6 Å². The van der Waals surface area contributed by atoms with Gasteiger partial charge in [-0.3, -0.25) is 0 Å². The zero-order valence-corrected chi connectivity index (χ0v) is 9.72. The van der Waals surface area contributed by atoms with Gasteiger partial charge in [-0.2, -0.15) is 0 Å². The second kappa shape index (κ2) is 3.67. The smallest absolute Gasteiger partial charge is 0.0531 e. The van der Waals surface area contributed by atoms with Gasteiger partial charge >= 0.3 is 0 Å². The molecule has 0 saturated heterocycles. The minimum atomic E-state index is 0.794. The minimum Gasteiger partial charge on any atom is -0.399 e. The van der Waals surface area contributed by atoms with E-state index >= 15 is 0 Å². The van der Waals surface area contributed by atoms with Crippen LogP contribution in [0.4, 0.5) is 5.69 Å². The molecular formula is C15H14N2. The predicted molar refractivity (Wildman–Crippen MR) is 72.4 cm³/mol. The van der Waals surface area contributed by atoms with Crippen molar-refractivity contribution >= 4 is 16.6 Å². The summed E-state index contributed by atoms with van der Waals surface area (Å²) < 4.78 is 2.24. The van der Waals surface area contributed by atoms with Gasteiger partial charge in [0.25, 0.3) is 0 Å². The van der Waals surface area contributed by atoms with E-state index < -0.39 is 0 Å². The molecule has 2 nitrogen and oxygen atoms in total. The van der Waals surface area contributed by atoms with Crippen molar-refractivity contribution < 1.29 is 0 Å². The number of hydrogen-bond donors (Lipinski definition) is 1. The first-order valence-electron chi connectivity index (χ1n) is 5.69. The Balaban J connectivity index is 2.29. The van der Waals surface area contributed by atoms with Gasteiger partial charge in [0.1, 0.15) is 0 Å². The molecule has 0 radical (unpaired) electrons. The van der Waals surface area contributed by atoms with E-state index in [2.05, 4.69) is 54.0 Å².